The number of benzene rings is 3. The molecule has 35 heavy (non-hydrogen) atoms. The molecule has 0 aliphatic carbocycles. The lowest BCUT2D eigenvalue weighted by atomic mass is 9.74. The van der Waals surface area contributed by atoms with Gasteiger partial charge in [-0.05, 0) is 79.4 Å². The van der Waals surface area contributed by atoms with Gasteiger partial charge in [0.2, 0.25) is 5.91 Å². The molecule has 5 nitrogen and oxygen atoms in total. The van der Waals surface area contributed by atoms with E-state index < -0.39 is 0 Å². The standard InChI is InChI=1S/C30H31N3O2/c1-35-26-12-13-28-27(19-26)30(22-33(28)29(34)14-11-23-5-3-2-4-6-23)15-17-32(18-16-30)21-25-9-7-24(20-31)8-10-25/h2-10,12-13,19H,11,14-18,21-22H2,1H3. The van der Waals surface area contributed by atoms with Crippen LogP contribution >= 0.6 is 0 Å². The van der Waals surface area contributed by atoms with Crippen molar-refractivity contribution in [1.82, 2.24) is 4.90 Å². The number of fused-ring (bicyclic) bond motifs is 2. The summed E-state index contributed by atoms with van der Waals surface area (Å²) in [4.78, 5) is 17.9. The Morgan fingerprint density at radius 3 is 2.43 bits per heavy atom. The molecule has 0 unspecified atom stereocenters. The normalized spacial score (nSPS) is 16.6. The number of hydrogen-bond acceptors (Lipinski definition) is 4. The molecule has 2 aliphatic heterocycles. The third kappa shape index (κ3) is 4.80. The smallest absolute Gasteiger partial charge is 0.227 e. The van der Waals surface area contributed by atoms with Gasteiger partial charge in [-0.15, -0.1) is 0 Å². The van der Waals surface area contributed by atoms with Crippen molar-refractivity contribution in [3.8, 4) is 11.8 Å². The first-order valence-electron chi connectivity index (χ1n) is 12.3. The maximum Gasteiger partial charge on any atom is 0.227 e. The van der Waals surface area contributed by atoms with E-state index in [1.807, 2.05) is 53.4 Å². The van der Waals surface area contributed by atoms with Gasteiger partial charge < -0.3 is 9.64 Å². The van der Waals surface area contributed by atoms with Crippen molar-refractivity contribution in [3.05, 3.63) is 95.1 Å². The van der Waals surface area contributed by atoms with Gasteiger partial charge in [0.15, 0.2) is 0 Å². The zero-order valence-corrected chi connectivity index (χ0v) is 20.2. The maximum absolute atomic E-state index is 13.4. The number of nitriles is 1. The van der Waals surface area contributed by atoms with Crippen molar-refractivity contribution in [1.29, 1.82) is 5.26 Å². The van der Waals surface area contributed by atoms with Crippen molar-refractivity contribution in [2.75, 3.05) is 31.6 Å². The molecule has 3 aromatic rings. The second-order valence-electron chi connectivity index (χ2n) is 9.71. The van der Waals surface area contributed by atoms with Crippen LogP contribution in [0.2, 0.25) is 0 Å². The van der Waals surface area contributed by atoms with Gasteiger partial charge in [0.1, 0.15) is 5.75 Å². The fourth-order valence-electron chi connectivity index (χ4n) is 5.54. The Kier molecular flexibility index (Phi) is 6.57. The topological polar surface area (TPSA) is 56.6 Å². The summed E-state index contributed by atoms with van der Waals surface area (Å²) in [5.41, 5.74) is 5.38. The zero-order chi connectivity index (χ0) is 24.3. The summed E-state index contributed by atoms with van der Waals surface area (Å²) in [7, 11) is 1.70. The van der Waals surface area contributed by atoms with Gasteiger partial charge in [-0.2, -0.15) is 5.26 Å². The van der Waals surface area contributed by atoms with E-state index in [0.717, 1.165) is 56.9 Å². The number of rotatable bonds is 6. The number of likely N-dealkylation sites (tertiary alicyclic amines) is 1. The molecule has 0 atom stereocenters. The third-order valence-electron chi connectivity index (χ3n) is 7.60. The van der Waals surface area contributed by atoms with Crippen molar-refractivity contribution in [3.63, 3.8) is 0 Å². The largest absolute Gasteiger partial charge is 0.497 e. The van der Waals surface area contributed by atoms with E-state index in [1.165, 1.54) is 16.7 Å². The summed E-state index contributed by atoms with van der Waals surface area (Å²) in [6, 6.07) is 26.5. The number of carbonyl (C=O) groups is 1. The van der Waals surface area contributed by atoms with Crippen LogP contribution in [0.5, 0.6) is 5.75 Å². The molecule has 2 aliphatic rings. The van der Waals surface area contributed by atoms with Crippen LogP contribution in [-0.4, -0.2) is 37.6 Å². The quantitative estimate of drug-likeness (QED) is 0.509. The highest BCUT2D eigenvalue weighted by atomic mass is 16.5. The van der Waals surface area contributed by atoms with E-state index in [0.29, 0.717) is 12.0 Å². The molecular formula is C30H31N3O2. The predicted molar refractivity (Wildman–Crippen MR) is 137 cm³/mol. The molecule has 0 radical (unpaired) electrons. The number of piperidine rings is 1. The molecule has 1 fully saturated rings. The van der Waals surface area contributed by atoms with Crippen LogP contribution < -0.4 is 9.64 Å². The Bertz CT molecular complexity index is 1220. The minimum absolute atomic E-state index is 0.0343. The Labute approximate surface area is 207 Å². The van der Waals surface area contributed by atoms with Gasteiger partial charge in [0.05, 0.1) is 18.7 Å². The summed E-state index contributed by atoms with van der Waals surface area (Å²) in [5, 5.41) is 9.04. The molecule has 3 aromatic carbocycles. The number of methoxy groups -OCH3 is 1. The molecule has 178 valence electrons. The van der Waals surface area contributed by atoms with Gasteiger partial charge >= 0.3 is 0 Å². The highest BCUT2D eigenvalue weighted by Crippen LogP contribution is 2.48. The molecule has 5 heteroatoms. The van der Waals surface area contributed by atoms with Crippen molar-refractivity contribution < 1.29 is 9.53 Å². The van der Waals surface area contributed by atoms with Gasteiger partial charge in [0, 0.05) is 30.6 Å². The number of hydrogen-bond donors (Lipinski definition) is 0. The number of aryl methyl sites for hydroxylation is 1. The number of anilines is 1. The van der Waals surface area contributed by atoms with E-state index in [-0.39, 0.29) is 11.3 Å². The van der Waals surface area contributed by atoms with Crippen LogP contribution in [0.1, 0.15) is 41.5 Å². The first-order valence-corrected chi connectivity index (χ1v) is 12.3. The average Bonchev–Trinajstić information content (AvgIpc) is 3.23. The minimum atomic E-state index is -0.0343. The van der Waals surface area contributed by atoms with Crippen LogP contribution in [0.3, 0.4) is 0 Å². The molecule has 5 rings (SSSR count). The first kappa shape index (κ1) is 23.1. The molecule has 1 amide bonds. The van der Waals surface area contributed by atoms with E-state index in [9.17, 15) is 4.79 Å². The monoisotopic (exact) mass is 465 g/mol. The Balaban J connectivity index is 1.31. The fourth-order valence-corrected chi connectivity index (χ4v) is 5.54. The Morgan fingerprint density at radius 1 is 1.00 bits per heavy atom. The van der Waals surface area contributed by atoms with Crippen LogP contribution in [-0.2, 0) is 23.2 Å². The van der Waals surface area contributed by atoms with E-state index >= 15 is 0 Å². The predicted octanol–water partition coefficient (Wildman–Crippen LogP) is 5.08. The minimum Gasteiger partial charge on any atom is -0.497 e. The van der Waals surface area contributed by atoms with E-state index in [2.05, 4.69) is 35.2 Å². The molecule has 1 spiro atoms. The number of carbonyl (C=O) groups excluding carboxylic acids is 1. The summed E-state index contributed by atoms with van der Waals surface area (Å²) < 4.78 is 5.56. The van der Waals surface area contributed by atoms with Crippen LogP contribution in [0, 0.1) is 11.3 Å². The molecule has 0 bridgehead atoms. The van der Waals surface area contributed by atoms with Gasteiger partial charge in [-0.3, -0.25) is 9.69 Å². The van der Waals surface area contributed by atoms with Crippen molar-refractivity contribution >= 4 is 11.6 Å². The van der Waals surface area contributed by atoms with Gasteiger partial charge in [-0.25, -0.2) is 0 Å². The molecule has 1 saturated heterocycles. The van der Waals surface area contributed by atoms with Crippen LogP contribution in [0.25, 0.3) is 0 Å². The highest BCUT2D eigenvalue weighted by molar-refractivity contribution is 5.96. The Hall–Kier alpha value is -3.62. The van der Waals surface area contributed by atoms with Crippen molar-refractivity contribution in [2.45, 2.75) is 37.6 Å². The third-order valence-corrected chi connectivity index (χ3v) is 7.60. The summed E-state index contributed by atoms with van der Waals surface area (Å²) in [6.45, 7) is 3.58. The summed E-state index contributed by atoms with van der Waals surface area (Å²) in [6.07, 6.45) is 3.28. The molecule has 2 heterocycles. The van der Waals surface area contributed by atoms with Crippen molar-refractivity contribution in [2.24, 2.45) is 0 Å². The lowest BCUT2D eigenvalue weighted by Gasteiger charge is -2.40. The second-order valence-corrected chi connectivity index (χ2v) is 9.71. The lowest BCUT2D eigenvalue weighted by Crippen LogP contribution is -2.45. The molecule has 0 aromatic heterocycles. The number of nitrogens with zero attached hydrogens (tertiary/aromatic N) is 3. The fraction of sp³-hybridized carbons (Fsp3) is 0.333. The van der Waals surface area contributed by atoms with E-state index in [4.69, 9.17) is 10.00 Å². The zero-order valence-electron chi connectivity index (χ0n) is 20.2. The molecular weight excluding hydrogens is 434 g/mol. The van der Waals surface area contributed by atoms with E-state index in [1.54, 1.807) is 7.11 Å². The first-order chi connectivity index (χ1) is 17.1. The molecule has 0 N–H and O–H groups in total. The average molecular weight is 466 g/mol. The SMILES string of the molecule is COc1ccc2c(c1)C1(CCN(Cc3ccc(C#N)cc3)CC1)CN2C(=O)CCc1ccccc1. The molecule has 0 saturated carbocycles. The Morgan fingerprint density at radius 2 is 1.74 bits per heavy atom. The van der Waals surface area contributed by atoms with Crippen LogP contribution in [0.15, 0.2) is 72.8 Å². The number of ether oxygens (including phenoxy) is 1. The highest BCUT2D eigenvalue weighted by Gasteiger charge is 2.46. The lowest BCUT2D eigenvalue weighted by molar-refractivity contribution is -0.118. The second kappa shape index (κ2) is 9.93. The summed E-state index contributed by atoms with van der Waals surface area (Å²) >= 11 is 0. The van der Waals surface area contributed by atoms with Gasteiger partial charge in [0.25, 0.3) is 0 Å². The van der Waals surface area contributed by atoms with Gasteiger partial charge in [-0.1, -0.05) is 42.5 Å². The maximum atomic E-state index is 13.4. The van der Waals surface area contributed by atoms with Crippen LogP contribution in [0.4, 0.5) is 5.69 Å². The number of amides is 1. The summed E-state index contributed by atoms with van der Waals surface area (Å²) in [5.74, 6) is 1.04.